The van der Waals surface area contributed by atoms with Crippen LogP contribution in [-0.4, -0.2) is 70.4 Å². The summed E-state index contributed by atoms with van der Waals surface area (Å²) < 4.78 is 4.44. The van der Waals surface area contributed by atoms with Crippen molar-refractivity contribution >= 4 is 22.6 Å². The smallest absolute Gasteiger partial charge is 0.236 e. The second kappa shape index (κ2) is 7.78. The molecule has 2 fully saturated rings. The molecule has 134 valence electrons. The Bertz CT molecular complexity index is 553. The van der Waals surface area contributed by atoms with Crippen LogP contribution in [0.2, 0.25) is 0 Å². The van der Waals surface area contributed by atoms with Crippen LogP contribution in [0.1, 0.15) is 51.8 Å². The molecule has 3 rings (SSSR count). The summed E-state index contributed by atoms with van der Waals surface area (Å²) in [5.74, 6) is 1.61. The van der Waals surface area contributed by atoms with Gasteiger partial charge in [0.25, 0.3) is 0 Å². The minimum atomic E-state index is 0.300. The van der Waals surface area contributed by atoms with E-state index in [1.807, 2.05) is 0 Å². The molecule has 2 aliphatic heterocycles. The molecule has 1 atom stereocenters. The molecule has 6 nitrogen and oxygen atoms in total. The quantitative estimate of drug-likeness (QED) is 0.832. The standard InChI is InChI=1S/C17H29N5OS/c1-13(2)16-18-17(24-19-16)21-10-8-20(9-11-21)12-15(23)22-7-5-4-6-14(22)3/h13-14H,4-12H2,1-3H3. The predicted molar refractivity (Wildman–Crippen MR) is 97.7 cm³/mol. The molecule has 2 aliphatic rings. The minimum Gasteiger partial charge on any atom is -0.344 e. The number of likely N-dealkylation sites (tertiary alicyclic amines) is 1. The number of nitrogens with zero attached hydrogens (tertiary/aromatic N) is 5. The zero-order chi connectivity index (χ0) is 17.1. The van der Waals surface area contributed by atoms with Crippen molar-refractivity contribution in [2.45, 2.75) is 52.0 Å². The van der Waals surface area contributed by atoms with E-state index in [2.05, 4.69) is 44.8 Å². The van der Waals surface area contributed by atoms with E-state index in [9.17, 15) is 4.79 Å². The topological polar surface area (TPSA) is 52.6 Å². The van der Waals surface area contributed by atoms with Gasteiger partial charge in [-0.05, 0) is 26.2 Å². The first-order chi connectivity index (χ1) is 11.5. The summed E-state index contributed by atoms with van der Waals surface area (Å²) in [7, 11) is 0. The molecule has 1 amide bonds. The number of piperazine rings is 1. The summed E-state index contributed by atoms with van der Waals surface area (Å²) in [4.78, 5) is 23.9. The fraction of sp³-hybridized carbons (Fsp3) is 0.824. The van der Waals surface area contributed by atoms with Gasteiger partial charge in [-0.3, -0.25) is 9.69 Å². The van der Waals surface area contributed by atoms with Crippen LogP contribution in [0.3, 0.4) is 0 Å². The van der Waals surface area contributed by atoms with Crippen molar-refractivity contribution in [3.63, 3.8) is 0 Å². The van der Waals surface area contributed by atoms with Gasteiger partial charge < -0.3 is 9.80 Å². The largest absolute Gasteiger partial charge is 0.344 e. The molecule has 1 aromatic heterocycles. The molecule has 0 aliphatic carbocycles. The van der Waals surface area contributed by atoms with Gasteiger partial charge in [0.2, 0.25) is 11.0 Å². The van der Waals surface area contributed by atoms with Crippen LogP contribution >= 0.6 is 11.5 Å². The molecule has 0 radical (unpaired) electrons. The fourth-order valence-corrected chi connectivity index (χ4v) is 4.30. The van der Waals surface area contributed by atoms with Gasteiger partial charge in [-0.25, -0.2) is 4.98 Å². The average Bonchev–Trinajstić information content (AvgIpc) is 3.06. The van der Waals surface area contributed by atoms with Crippen LogP contribution in [0.4, 0.5) is 5.13 Å². The van der Waals surface area contributed by atoms with Gasteiger partial charge in [0.05, 0.1) is 6.54 Å². The van der Waals surface area contributed by atoms with Gasteiger partial charge in [-0.1, -0.05) is 13.8 Å². The Morgan fingerprint density at radius 1 is 1.21 bits per heavy atom. The highest BCUT2D eigenvalue weighted by atomic mass is 32.1. The van der Waals surface area contributed by atoms with E-state index in [-0.39, 0.29) is 0 Å². The van der Waals surface area contributed by atoms with Gasteiger partial charge in [0, 0.05) is 56.2 Å². The molecule has 1 unspecified atom stereocenters. The first kappa shape index (κ1) is 17.6. The Balaban J connectivity index is 1.48. The lowest BCUT2D eigenvalue weighted by Crippen LogP contribution is -2.52. The first-order valence-electron chi connectivity index (χ1n) is 9.15. The number of piperidine rings is 1. The van der Waals surface area contributed by atoms with Crippen molar-refractivity contribution in [2.75, 3.05) is 44.2 Å². The highest BCUT2D eigenvalue weighted by molar-refractivity contribution is 7.09. The normalized spacial score (nSPS) is 23.1. The number of hydrogen-bond acceptors (Lipinski definition) is 6. The number of carbonyl (C=O) groups is 1. The lowest BCUT2D eigenvalue weighted by atomic mass is 10.0. The number of rotatable bonds is 4. The van der Waals surface area contributed by atoms with Gasteiger partial charge in [0.15, 0.2) is 0 Å². The van der Waals surface area contributed by atoms with Gasteiger partial charge in [-0.15, -0.1) is 0 Å². The maximum atomic E-state index is 12.6. The molecule has 7 heteroatoms. The third-order valence-electron chi connectivity index (χ3n) is 5.07. The number of aromatic nitrogens is 2. The Hall–Kier alpha value is -1.21. The number of hydrogen-bond donors (Lipinski definition) is 0. The van der Waals surface area contributed by atoms with Crippen LogP contribution in [0.15, 0.2) is 0 Å². The zero-order valence-electron chi connectivity index (χ0n) is 15.1. The molecule has 0 aromatic carbocycles. The molecule has 0 bridgehead atoms. The SMILES string of the molecule is CC(C)c1nsc(N2CCN(CC(=O)N3CCCCC3C)CC2)n1. The molecule has 2 saturated heterocycles. The van der Waals surface area contributed by atoms with Gasteiger partial charge in [-0.2, -0.15) is 4.37 Å². The highest BCUT2D eigenvalue weighted by Crippen LogP contribution is 2.22. The van der Waals surface area contributed by atoms with Crippen molar-refractivity contribution in [3.8, 4) is 0 Å². The Morgan fingerprint density at radius 3 is 2.58 bits per heavy atom. The summed E-state index contributed by atoms with van der Waals surface area (Å²) in [5.41, 5.74) is 0. The second-order valence-corrected chi connectivity index (χ2v) is 8.02. The van der Waals surface area contributed by atoms with E-state index in [4.69, 9.17) is 0 Å². The molecular weight excluding hydrogens is 322 g/mol. The van der Waals surface area contributed by atoms with E-state index in [1.165, 1.54) is 18.0 Å². The maximum absolute atomic E-state index is 12.6. The molecule has 24 heavy (non-hydrogen) atoms. The van der Waals surface area contributed by atoms with Crippen molar-refractivity contribution in [1.29, 1.82) is 0 Å². The van der Waals surface area contributed by atoms with E-state index in [1.54, 1.807) is 0 Å². The Kier molecular flexibility index (Phi) is 5.71. The highest BCUT2D eigenvalue weighted by Gasteiger charge is 2.27. The van der Waals surface area contributed by atoms with E-state index < -0.39 is 0 Å². The molecule has 1 aromatic rings. The fourth-order valence-electron chi connectivity index (χ4n) is 3.44. The monoisotopic (exact) mass is 351 g/mol. The van der Waals surface area contributed by atoms with Crippen molar-refractivity contribution in [3.05, 3.63) is 5.82 Å². The number of carbonyl (C=O) groups excluding carboxylic acids is 1. The Labute approximate surface area is 149 Å². The molecule has 3 heterocycles. The van der Waals surface area contributed by atoms with E-state index >= 15 is 0 Å². The molecule has 0 N–H and O–H groups in total. The maximum Gasteiger partial charge on any atom is 0.236 e. The second-order valence-electron chi connectivity index (χ2n) is 7.28. The van der Waals surface area contributed by atoms with Crippen LogP contribution in [-0.2, 0) is 4.79 Å². The summed E-state index contributed by atoms with van der Waals surface area (Å²) in [6.07, 6.45) is 3.55. The van der Waals surface area contributed by atoms with Crippen molar-refractivity contribution in [1.82, 2.24) is 19.2 Å². The van der Waals surface area contributed by atoms with Crippen LogP contribution in [0, 0.1) is 0 Å². The third-order valence-corrected chi connectivity index (χ3v) is 5.86. The van der Waals surface area contributed by atoms with Crippen LogP contribution in [0.25, 0.3) is 0 Å². The zero-order valence-corrected chi connectivity index (χ0v) is 15.9. The van der Waals surface area contributed by atoms with E-state index in [0.717, 1.165) is 56.5 Å². The Morgan fingerprint density at radius 2 is 1.96 bits per heavy atom. The van der Waals surface area contributed by atoms with Crippen molar-refractivity contribution < 1.29 is 4.79 Å². The van der Waals surface area contributed by atoms with Crippen LogP contribution in [0.5, 0.6) is 0 Å². The summed E-state index contributed by atoms with van der Waals surface area (Å²) in [5, 5.41) is 1.02. The summed E-state index contributed by atoms with van der Waals surface area (Å²) >= 11 is 1.49. The van der Waals surface area contributed by atoms with Crippen molar-refractivity contribution in [2.24, 2.45) is 0 Å². The molecule has 0 spiro atoms. The average molecular weight is 352 g/mol. The lowest BCUT2D eigenvalue weighted by Gasteiger charge is -2.37. The minimum absolute atomic E-state index is 0.300. The number of amides is 1. The first-order valence-corrected chi connectivity index (χ1v) is 9.92. The van der Waals surface area contributed by atoms with Gasteiger partial charge in [0.1, 0.15) is 5.82 Å². The van der Waals surface area contributed by atoms with Gasteiger partial charge >= 0.3 is 0 Å². The summed E-state index contributed by atoms with van der Waals surface area (Å²) in [6.45, 7) is 11.6. The molecular formula is C17H29N5OS. The summed E-state index contributed by atoms with van der Waals surface area (Å²) in [6, 6.07) is 0.406. The third kappa shape index (κ3) is 4.06. The molecule has 0 saturated carbocycles. The predicted octanol–water partition coefficient (Wildman–Crippen LogP) is 2.18. The lowest BCUT2D eigenvalue weighted by molar-refractivity contribution is -0.135. The van der Waals surface area contributed by atoms with Crippen LogP contribution < -0.4 is 4.90 Å². The van der Waals surface area contributed by atoms with E-state index in [0.29, 0.717) is 24.4 Å². The number of anilines is 1.